The average Bonchev–Trinajstić information content (AvgIpc) is 3.26. The Bertz CT molecular complexity index is 932. The van der Waals surface area contributed by atoms with E-state index in [2.05, 4.69) is 15.5 Å². The van der Waals surface area contributed by atoms with Crippen molar-refractivity contribution in [1.29, 1.82) is 0 Å². The number of nitrogens with zero attached hydrogens (tertiary/aromatic N) is 3. The second-order valence-corrected chi connectivity index (χ2v) is 9.05. The number of sulfone groups is 1. The number of likely N-dealkylation sites (N-methyl/N-ethyl adjacent to an activating group) is 1. The molecule has 1 saturated heterocycles. The van der Waals surface area contributed by atoms with Crippen LogP contribution in [0.4, 0.5) is 4.39 Å². The zero-order valence-electron chi connectivity index (χ0n) is 16.0. The Labute approximate surface area is 168 Å². The highest BCUT2D eigenvalue weighted by atomic mass is 32.2. The number of nitrogens with one attached hydrogen (secondary N) is 1. The van der Waals surface area contributed by atoms with Gasteiger partial charge in [-0.2, -0.15) is 4.98 Å². The Kier molecular flexibility index (Phi) is 6.80. The zero-order valence-corrected chi connectivity index (χ0v) is 16.8. The number of amides is 1. The van der Waals surface area contributed by atoms with Gasteiger partial charge in [-0.15, -0.1) is 0 Å². The lowest BCUT2D eigenvalue weighted by Gasteiger charge is -2.19. The summed E-state index contributed by atoms with van der Waals surface area (Å²) in [6, 6.07) is 5.27. The summed E-state index contributed by atoms with van der Waals surface area (Å²) in [4.78, 5) is 18.2. The van der Waals surface area contributed by atoms with E-state index in [1.54, 1.807) is 4.90 Å². The molecule has 1 atom stereocenters. The Balaban J connectivity index is 1.46. The van der Waals surface area contributed by atoms with Crippen LogP contribution in [0, 0.1) is 5.82 Å². The first-order valence-electron chi connectivity index (χ1n) is 9.25. The molecule has 1 aromatic carbocycles. The molecule has 1 aromatic heterocycles. The van der Waals surface area contributed by atoms with Crippen molar-refractivity contribution in [2.45, 2.75) is 32.5 Å². The number of rotatable bonds is 9. The van der Waals surface area contributed by atoms with Gasteiger partial charge in [-0.05, 0) is 37.2 Å². The number of aromatic nitrogens is 2. The molecule has 2 aromatic rings. The van der Waals surface area contributed by atoms with Crippen LogP contribution in [-0.4, -0.2) is 60.0 Å². The fourth-order valence-corrected chi connectivity index (χ4v) is 4.62. The number of halogens is 1. The molecule has 0 spiro atoms. The monoisotopic (exact) mass is 426 g/mol. The molecule has 158 valence electrons. The Hall–Kier alpha value is -2.53. The Morgan fingerprint density at radius 1 is 1.38 bits per heavy atom. The van der Waals surface area contributed by atoms with Crippen LogP contribution in [0.3, 0.4) is 0 Å². The maximum Gasteiger partial charge on any atom is 0.240 e. The molecular weight excluding hydrogens is 403 g/mol. The summed E-state index contributed by atoms with van der Waals surface area (Å²) in [6.45, 7) is 2.90. The van der Waals surface area contributed by atoms with Crippen molar-refractivity contribution in [2.75, 3.05) is 24.6 Å². The average molecular weight is 426 g/mol. The summed E-state index contributed by atoms with van der Waals surface area (Å²) in [5, 5.41) is 6.59. The molecule has 1 aliphatic heterocycles. The van der Waals surface area contributed by atoms with E-state index in [0.29, 0.717) is 30.4 Å². The first-order valence-corrected chi connectivity index (χ1v) is 11.1. The molecule has 1 amide bonds. The summed E-state index contributed by atoms with van der Waals surface area (Å²) < 4.78 is 46.5. The predicted molar refractivity (Wildman–Crippen MR) is 101 cm³/mol. The highest BCUT2D eigenvalue weighted by Gasteiger charge is 2.29. The summed E-state index contributed by atoms with van der Waals surface area (Å²) in [6.07, 6.45) is 0.446. The van der Waals surface area contributed by atoms with E-state index in [9.17, 15) is 17.6 Å². The van der Waals surface area contributed by atoms with Crippen molar-refractivity contribution in [3.8, 4) is 5.75 Å². The van der Waals surface area contributed by atoms with Crippen molar-refractivity contribution >= 4 is 15.7 Å². The van der Waals surface area contributed by atoms with Gasteiger partial charge in [0.25, 0.3) is 0 Å². The van der Waals surface area contributed by atoms with Gasteiger partial charge in [0.05, 0.1) is 24.6 Å². The minimum Gasteiger partial charge on any atom is -0.485 e. The molecule has 0 radical (unpaired) electrons. The van der Waals surface area contributed by atoms with E-state index in [1.807, 2.05) is 6.92 Å². The van der Waals surface area contributed by atoms with Gasteiger partial charge >= 0.3 is 0 Å². The largest absolute Gasteiger partial charge is 0.485 e. The molecule has 0 saturated carbocycles. The maximum atomic E-state index is 12.9. The molecule has 3 rings (SSSR count). The number of carbonyl (C=O) groups is 1. The van der Waals surface area contributed by atoms with E-state index in [0.717, 1.165) is 0 Å². The van der Waals surface area contributed by atoms with Crippen LogP contribution >= 0.6 is 0 Å². The quantitative estimate of drug-likeness (QED) is 0.629. The Morgan fingerprint density at radius 3 is 2.79 bits per heavy atom. The zero-order chi connectivity index (χ0) is 20.9. The number of ether oxygens (including phenoxy) is 1. The van der Waals surface area contributed by atoms with E-state index in [4.69, 9.17) is 9.26 Å². The molecular formula is C18H23FN4O5S. The van der Waals surface area contributed by atoms with E-state index < -0.39 is 9.84 Å². The second kappa shape index (κ2) is 9.31. The predicted octanol–water partition coefficient (Wildman–Crippen LogP) is 0.913. The lowest BCUT2D eigenvalue weighted by molar-refractivity contribution is -0.122. The molecule has 1 aliphatic rings. The number of carbonyl (C=O) groups excluding carboxylic acids is 1. The van der Waals surface area contributed by atoms with Gasteiger partial charge in [-0.25, -0.2) is 12.8 Å². The van der Waals surface area contributed by atoms with Crippen LogP contribution in [0.2, 0.25) is 0 Å². The standard InChI is InChI=1S/C18H23FN4O5S/c1-2-23(9-17(24)20-14-7-8-29(25,26)12-14)10-18-21-16(22-28-18)11-27-15-5-3-13(19)4-6-15/h3-6,14H,2,7-12H2,1H3,(H,20,24). The molecule has 1 N–H and O–H groups in total. The van der Waals surface area contributed by atoms with Crippen LogP contribution < -0.4 is 10.1 Å². The molecule has 9 nitrogen and oxygen atoms in total. The van der Waals surface area contributed by atoms with Crippen LogP contribution in [0.5, 0.6) is 5.75 Å². The maximum absolute atomic E-state index is 12.9. The second-order valence-electron chi connectivity index (χ2n) is 6.82. The first-order chi connectivity index (χ1) is 13.8. The first kappa shape index (κ1) is 21.2. The van der Waals surface area contributed by atoms with Crippen LogP contribution in [0.25, 0.3) is 0 Å². The molecule has 2 heterocycles. The fourth-order valence-electron chi connectivity index (χ4n) is 2.95. The van der Waals surface area contributed by atoms with Crippen molar-refractivity contribution < 1.29 is 26.9 Å². The van der Waals surface area contributed by atoms with Gasteiger partial charge in [0.15, 0.2) is 16.4 Å². The molecule has 29 heavy (non-hydrogen) atoms. The molecule has 11 heteroatoms. The summed E-state index contributed by atoms with van der Waals surface area (Å²) in [5.74, 6) is 0.665. The number of hydrogen-bond acceptors (Lipinski definition) is 8. The lowest BCUT2D eigenvalue weighted by atomic mass is 10.2. The molecule has 0 bridgehead atoms. The SMILES string of the molecule is CCN(CC(=O)NC1CCS(=O)(=O)C1)Cc1nc(COc2ccc(F)cc2)no1. The third-order valence-corrected chi connectivity index (χ3v) is 6.23. The number of hydrogen-bond donors (Lipinski definition) is 1. The van der Waals surface area contributed by atoms with Gasteiger partial charge < -0.3 is 14.6 Å². The topological polar surface area (TPSA) is 115 Å². The Morgan fingerprint density at radius 2 is 2.14 bits per heavy atom. The molecule has 0 aliphatic carbocycles. The van der Waals surface area contributed by atoms with Crippen molar-refractivity contribution in [3.05, 3.63) is 41.8 Å². The third kappa shape index (κ3) is 6.50. The normalized spacial score (nSPS) is 18.1. The summed E-state index contributed by atoms with van der Waals surface area (Å²) in [5.41, 5.74) is 0. The van der Waals surface area contributed by atoms with Crippen LogP contribution in [0.15, 0.2) is 28.8 Å². The minimum atomic E-state index is -3.04. The van der Waals surface area contributed by atoms with Gasteiger partial charge in [-0.3, -0.25) is 9.69 Å². The van der Waals surface area contributed by atoms with Crippen molar-refractivity contribution in [2.24, 2.45) is 0 Å². The van der Waals surface area contributed by atoms with Gasteiger partial charge in [0.1, 0.15) is 11.6 Å². The summed E-state index contributed by atoms with van der Waals surface area (Å²) >= 11 is 0. The minimum absolute atomic E-state index is 0.00800. The summed E-state index contributed by atoms with van der Waals surface area (Å²) in [7, 11) is -3.04. The van der Waals surface area contributed by atoms with E-state index >= 15 is 0 Å². The van der Waals surface area contributed by atoms with Gasteiger partial charge in [-0.1, -0.05) is 12.1 Å². The van der Waals surface area contributed by atoms with Gasteiger partial charge in [0.2, 0.25) is 17.6 Å². The van der Waals surface area contributed by atoms with Gasteiger partial charge in [0, 0.05) is 6.04 Å². The van der Waals surface area contributed by atoms with Crippen LogP contribution in [0.1, 0.15) is 25.1 Å². The van der Waals surface area contributed by atoms with Crippen molar-refractivity contribution in [1.82, 2.24) is 20.4 Å². The smallest absolute Gasteiger partial charge is 0.240 e. The highest BCUT2D eigenvalue weighted by Crippen LogP contribution is 2.13. The third-order valence-electron chi connectivity index (χ3n) is 4.46. The molecule has 1 unspecified atom stereocenters. The highest BCUT2D eigenvalue weighted by molar-refractivity contribution is 7.91. The van der Waals surface area contributed by atoms with Crippen LogP contribution in [-0.2, 0) is 27.8 Å². The number of benzene rings is 1. The van der Waals surface area contributed by atoms with Crippen molar-refractivity contribution in [3.63, 3.8) is 0 Å². The lowest BCUT2D eigenvalue weighted by Crippen LogP contribution is -2.42. The van der Waals surface area contributed by atoms with E-state index in [1.165, 1.54) is 24.3 Å². The van der Waals surface area contributed by atoms with E-state index in [-0.39, 0.29) is 49.0 Å². The fraction of sp³-hybridized carbons (Fsp3) is 0.500. The molecule has 1 fully saturated rings.